The third kappa shape index (κ3) is 4.65. The van der Waals surface area contributed by atoms with Crippen LogP contribution >= 0.6 is 0 Å². The summed E-state index contributed by atoms with van der Waals surface area (Å²) in [6.07, 6.45) is 1.75. The fourth-order valence-corrected chi connectivity index (χ4v) is 3.99. The molecule has 6 heteroatoms. The van der Waals surface area contributed by atoms with Gasteiger partial charge in [0.2, 0.25) is 5.91 Å². The molecule has 154 valence electrons. The topological polar surface area (TPSA) is 60.9 Å². The molecule has 0 bridgehead atoms. The van der Waals surface area contributed by atoms with Crippen molar-refractivity contribution in [3.8, 4) is 0 Å². The lowest BCUT2D eigenvalue weighted by Gasteiger charge is -2.46. The number of piperidine rings is 1. The zero-order valence-corrected chi connectivity index (χ0v) is 16.7. The Morgan fingerprint density at radius 2 is 1.69 bits per heavy atom. The van der Waals surface area contributed by atoms with Crippen molar-refractivity contribution < 1.29 is 19.1 Å². The Labute approximate surface area is 170 Å². The fourth-order valence-electron chi connectivity index (χ4n) is 3.99. The normalized spacial score (nSPS) is 16.3. The summed E-state index contributed by atoms with van der Waals surface area (Å²) in [5.74, 6) is -1.69. The summed E-state index contributed by atoms with van der Waals surface area (Å²) in [7, 11) is 0. The fraction of sp³-hybridized carbons (Fsp3) is 0.391. The van der Waals surface area contributed by atoms with E-state index in [1.165, 1.54) is 34.7 Å². The number of carboxylic acids is 1. The van der Waals surface area contributed by atoms with Crippen LogP contribution in [0.3, 0.4) is 0 Å². The standard InChI is InChI=1S/C23H27FN2O3/c1-2-21(27)26(20-10-8-19(24)9-11-20)23(22(28)29)13-16-25(17-14-23)15-12-18-6-4-3-5-7-18/h3-11H,2,12-17H2,1H3,(H,28,29). The number of carbonyl (C=O) groups excluding carboxylic acids is 1. The Morgan fingerprint density at radius 1 is 1.07 bits per heavy atom. The van der Waals surface area contributed by atoms with Crippen LogP contribution in [0.2, 0.25) is 0 Å². The van der Waals surface area contributed by atoms with Gasteiger partial charge in [-0.2, -0.15) is 0 Å². The molecule has 29 heavy (non-hydrogen) atoms. The number of nitrogens with zero attached hydrogens (tertiary/aromatic N) is 2. The van der Waals surface area contributed by atoms with E-state index < -0.39 is 17.3 Å². The molecule has 1 saturated heterocycles. The average Bonchev–Trinajstić information content (AvgIpc) is 2.75. The minimum absolute atomic E-state index is 0.185. The third-order valence-corrected chi connectivity index (χ3v) is 5.71. The van der Waals surface area contributed by atoms with E-state index >= 15 is 0 Å². The molecule has 1 fully saturated rings. The molecule has 0 atom stereocenters. The molecule has 5 nitrogen and oxygen atoms in total. The molecule has 1 amide bonds. The number of likely N-dealkylation sites (tertiary alicyclic amines) is 1. The van der Waals surface area contributed by atoms with Crippen LogP contribution in [0.1, 0.15) is 31.7 Å². The zero-order valence-electron chi connectivity index (χ0n) is 16.7. The summed E-state index contributed by atoms with van der Waals surface area (Å²) in [6, 6.07) is 15.7. The summed E-state index contributed by atoms with van der Waals surface area (Å²) < 4.78 is 13.4. The van der Waals surface area contributed by atoms with Crippen LogP contribution in [0.5, 0.6) is 0 Å². The van der Waals surface area contributed by atoms with E-state index in [0.29, 0.717) is 31.6 Å². The number of carbonyl (C=O) groups is 2. The molecule has 1 aliphatic rings. The highest BCUT2D eigenvalue weighted by molar-refractivity contribution is 6.01. The molecule has 0 saturated carbocycles. The molecule has 3 rings (SSSR count). The van der Waals surface area contributed by atoms with E-state index in [4.69, 9.17) is 0 Å². The quantitative estimate of drug-likeness (QED) is 0.772. The lowest BCUT2D eigenvalue weighted by molar-refractivity contribution is -0.147. The van der Waals surface area contributed by atoms with E-state index in [2.05, 4.69) is 17.0 Å². The second-order valence-electron chi connectivity index (χ2n) is 7.47. The second-order valence-corrected chi connectivity index (χ2v) is 7.47. The van der Waals surface area contributed by atoms with Gasteiger partial charge >= 0.3 is 5.97 Å². The van der Waals surface area contributed by atoms with Gasteiger partial charge in [0, 0.05) is 31.7 Å². The first-order chi connectivity index (χ1) is 14.0. The van der Waals surface area contributed by atoms with Crippen LogP contribution in [0.4, 0.5) is 10.1 Å². The number of carboxylic acid groups (broad SMARTS) is 1. The van der Waals surface area contributed by atoms with Crippen molar-refractivity contribution in [2.75, 3.05) is 24.5 Å². The molecule has 0 spiro atoms. The Hall–Kier alpha value is -2.73. The average molecular weight is 398 g/mol. The predicted molar refractivity (Wildman–Crippen MR) is 110 cm³/mol. The van der Waals surface area contributed by atoms with Crippen LogP contribution in [-0.2, 0) is 16.0 Å². The zero-order chi connectivity index (χ0) is 20.9. The minimum Gasteiger partial charge on any atom is -0.479 e. The van der Waals surface area contributed by atoms with E-state index in [9.17, 15) is 19.1 Å². The van der Waals surface area contributed by atoms with Gasteiger partial charge in [0.25, 0.3) is 0 Å². The lowest BCUT2D eigenvalue weighted by Crippen LogP contribution is -2.62. The molecule has 0 aromatic heterocycles. The summed E-state index contributed by atoms with van der Waals surface area (Å²) in [6.45, 7) is 3.74. The number of anilines is 1. The molecule has 0 aliphatic carbocycles. The first kappa shape index (κ1) is 21.0. The van der Waals surface area contributed by atoms with Crippen LogP contribution in [0, 0.1) is 5.82 Å². The maximum atomic E-state index is 13.4. The van der Waals surface area contributed by atoms with Crippen LogP contribution < -0.4 is 4.90 Å². The summed E-state index contributed by atoms with van der Waals surface area (Å²) >= 11 is 0. The Bertz CT molecular complexity index is 831. The third-order valence-electron chi connectivity index (χ3n) is 5.71. The number of halogens is 1. The lowest BCUT2D eigenvalue weighted by atomic mass is 9.84. The molecular formula is C23H27FN2O3. The van der Waals surface area contributed by atoms with E-state index in [0.717, 1.165) is 13.0 Å². The molecular weight excluding hydrogens is 371 g/mol. The predicted octanol–water partition coefficient (Wildman–Crippen LogP) is 3.73. The maximum absolute atomic E-state index is 13.4. The number of hydrogen-bond acceptors (Lipinski definition) is 3. The molecule has 1 heterocycles. The van der Waals surface area contributed by atoms with E-state index in [1.54, 1.807) is 6.92 Å². The highest BCUT2D eigenvalue weighted by atomic mass is 19.1. The van der Waals surface area contributed by atoms with E-state index in [1.807, 2.05) is 18.2 Å². The Balaban J connectivity index is 1.77. The monoisotopic (exact) mass is 398 g/mol. The first-order valence-electron chi connectivity index (χ1n) is 10.0. The van der Waals surface area contributed by atoms with Gasteiger partial charge < -0.3 is 10.0 Å². The van der Waals surface area contributed by atoms with Gasteiger partial charge in [0.1, 0.15) is 11.4 Å². The largest absolute Gasteiger partial charge is 0.479 e. The van der Waals surface area contributed by atoms with Crippen molar-refractivity contribution in [1.82, 2.24) is 4.90 Å². The number of benzene rings is 2. The summed E-state index contributed by atoms with van der Waals surface area (Å²) in [5.41, 5.74) is 0.365. The van der Waals surface area contributed by atoms with Gasteiger partial charge in [-0.05, 0) is 49.1 Å². The van der Waals surface area contributed by atoms with Gasteiger partial charge in [0.15, 0.2) is 0 Å². The first-order valence-corrected chi connectivity index (χ1v) is 10.0. The molecule has 0 radical (unpaired) electrons. The van der Waals surface area contributed by atoms with Gasteiger partial charge in [-0.1, -0.05) is 37.3 Å². The number of amides is 1. The number of rotatable bonds is 7. The number of aliphatic carboxylic acids is 1. The molecule has 0 unspecified atom stereocenters. The highest BCUT2D eigenvalue weighted by Gasteiger charge is 2.49. The summed E-state index contributed by atoms with van der Waals surface area (Å²) in [4.78, 5) is 28.8. The van der Waals surface area contributed by atoms with Crippen LogP contribution in [-0.4, -0.2) is 47.1 Å². The van der Waals surface area contributed by atoms with Crippen molar-refractivity contribution in [3.63, 3.8) is 0 Å². The molecule has 2 aromatic rings. The maximum Gasteiger partial charge on any atom is 0.330 e. The number of hydrogen-bond donors (Lipinski definition) is 1. The minimum atomic E-state index is -1.31. The van der Waals surface area contributed by atoms with Gasteiger partial charge in [-0.25, -0.2) is 9.18 Å². The van der Waals surface area contributed by atoms with Crippen LogP contribution in [0.15, 0.2) is 54.6 Å². The van der Waals surface area contributed by atoms with Gasteiger partial charge in [-0.3, -0.25) is 9.69 Å². The highest BCUT2D eigenvalue weighted by Crippen LogP contribution is 2.34. The van der Waals surface area contributed by atoms with E-state index in [-0.39, 0.29) is 12.3 Å². The SMILES string of the molecule is CCC(=O)N(c1ccc(F)cc1)C1(C(=O)O)CCN(CCc2ccccc2)CC1. The van der Waals surface area contributed by atoms with Crippen molar-refractivity contribution in [3.05, 3.63) is 66.0 Å². The molecule has 2 aromatic carbocycles. The van der Waals surface area contributed by atoms with Gasteiger partial charge in [-0.15, -0.1) is 0 Å². The molecule has 1 N–H and O–H groups in total. The van der Waals surface area contributed by atoms with Crippen molar-refractivity contribution in [2.45, 2.75) is 38.1 Å². The summed E-state index contributed by atoms with van der Waals surface area (Å²) in [5, 5.41) is 10.1. The van der Waals surface area contributed by atoms with Crippen LogP contribution in [0.25, 0.3) is 0 Å². The van der Waals surface area contributed by atoms with Crippen molar-refractivity contribution in [2.24, 2.45) is 0 Å². The van der Waals surface area contributed by atoms with Crippen molar-refractivity contribution >= 4 is 17.6 Å². The van der Waals surface area contributed by atoms with Crippen molar-refractivity contribution in [1.29, 1.82) is 0 Å². The Morgan fingerprint density at radius 3 is 2.24 bits per heavy atom. The second kappa shape index (κ2) is 9.18. The Kier molecular flexibility index (Phi) is 6.64. The molecule has 1 aliphatic heterocycles. The van der Waals surface area contributed by atoms with Gasteiger partial charge in [0.05, 0.1) is 0 Å². The smallest absolute Gasteiger partial charge is 0.330 e.